The summed E-state index contributed by atoms with van der Waals surface area (Å²) >= 11 is 6.98. The van der Waals surface area contributed by atoms with Gasteiger partial charge >= 0.3 is 0 Å². The van der Waals surface area contributed by atoms with Crippen molar-refractivity contribution in [1.29, 1.82) is 0 Å². The lowest BCUT2D eigenvalue weighted by Gasteiger charge is -2.35. The Bertz CT molecular complexity index is 1340. The molecule has 5 rings (SSSR count). The van der Waals surface area contributed by atoms with E-state index in [0.717, 1.165) is 22.9 Å². The first-order chi connectivity index (χ1) is 15.3. The lowest BCUT2D eigenvalue weighted by molar-refractivity contribution is 0.329. The van der Waals surface area contributed by atoms with Gasteiger partial charge in [-0.2, -0.15) is 5.10 Å². The summed E-state index contributed by atoms with van der Waals surface area (Å²) < 4.78 is 18.5. The predicted octanol–water partition coefficient (Wildman–Crippen LogP) is 5.17. The Labute approximate surface area is 199 Å². The quantitative estimate of drug-likeness (QED) is 0.376. The highest BCUT2D eigenvalue weighted by molar-refractivity contribution is 9.13. The summed E-state index contributed by atoms with van der Waals surface area (Å²) in [5.41, 5.74) is 2.70. The van der Waals surface area contributed by atoms with Gasteiger partial charge in [-0.25, -0.2) is 9.37 Å². The molecule has 0 saturated carbocycles. The second kappa shape index (κ2) is 7.97. The van der Waals surface area contributed by atoms with Crippen molar-refractivity contribution < 1.29 is 9.50 Å². The van der Waals surface area contributed by atoms with E-state index in [1.165, 1.54) is 12.1 Å². The molecule has 0 saturated heterocycles. The molecular weight excluding hydrogens is 543 g/mol. The first-order valence-electron chi connectivity index (χ1n) is 9.90. The predicted molar refractivity (Wildman–Crippen MR) is 125 cm³/mol. The molecule has 2 aromatic carbocycles. The molecule has 9 heteroatoms. The Kier molecular flexibility index (Phi) is 5.25. The lowest BCUT2D eigenvalue weighted by atomic mass is 9.84. The van der Waals surface area contributed by atoms with Crippen molar-refractivity contribution in [1.82, 2.24) is 19.3 Å². The number of fused-ring (bicyclic) bond motifs is 3. The zero-order valence-corrected chi connectivity index (χ0v) is 20.0. The van der Waals surface area contributed by atoms with Gasteiger partial charge in [0.1, 0.15) is 20.7 Å². The molecule has 0 amide bonds. The maximum absolute atomic E-state index is 13.7. The van der Waals surface area contributed by atoms with Crippen LogP contribution in [0.4, 0.5) is 4.39 Å². The van der Waals surface area contributed by atoms with Crippen molar-refractivity contribution in [3.05, 3.63) is 96.7 Å². The highest BCUT2D eigenvalue weighted by Crippen LogP contribution is 2.44. The standard InChI is InChI=1S/C23H17Br2FN4O2/c1-12-2-4-13(5-3-12)18(14-6-8-15(26)9-7-14)16-11-29-22(25)21(24)28-23(29)19-20(32)17(31)10-27-30(16)19/h2-10,16,18,32H,11H2,1H3/t16-,18?/m1/s1. The molecule has 0 fully saturated rings. The molecule has 162 valence electrons. The van der Waals surface area contributed by atoms with E-state index < -0.39 is 11.2 Å². The average Bonchev–Trinajstić information content (AvgIpc) is 3.07. The Hall–Kier alpha value is -2.78. The van der Waals surface area contributed by atoms with Gasteiger partial charge < -0.3 is 9.67 Å². The van der Waals surface area contributed by atoms with Crippen LogP contribution in [-0.4, -0.2) is 24.4 Å². The SMILES string of the molecule is Cc1ccc(C(c2ccc(F)cc2)[C@H]2Cn3c(nc(Br)c3Br)-c3c(O)c(=O)cnn32)cc1. The van der Waals surface area contributed by atoms with Crippen molar-refractivity contribution in [2.24, 2.45) is 0 Å². The van der Waals surface area contributed by atoms with Crippen LogP contribution in [0.3, 0.4) is 0 Å². The molecule has 0 spiro atoms. The molecule has 1 unspecified atom stereocenters. The van der Waals surface area contributed by atoms with Crippen LogP contribution in [0.15, 0.2) is 68.7 Å². The topological polar surface area (TPSA) is 72.9 Å². The normalized spacial score (nSPS) is 15.8. The van der Waals surface area contributed by atoms with Gasteiger partial charge in [0.2, 0.25) is 5.43 Å². The number of rotatable bonds is 3. The van der Waals surface area contributed by atoms with Gasteiger partial charge in [-0.3, -0.25) is 9.48 Å². The molecular formula is C23H17Br2FN4O2. The molecule has 6 nitrogen and oxygen atoms in total. The molecule has 1 aliphatic heterocycles. The van der Waals surface area contributed by atoms with Gasteiger partial charge in [-0.05, 0) is 62.0 Å². The van der Waals surface area contributed by atoms with E-state index >= 15 is 0 Å². The van der Waals surface area contributed by atoms with Crippen molar-refractivity contribution in [2.75, 3.05) is 0 Å². The number of hydrogen-bond acceptors (Lipinski definition) is 4. The number of aromatic nitrogens is 4. The van der Waals surface area contributed by atoms with Crippen LogP contribution in [-0.2, 0) is 6.54 Å². The first kappa shape index (κ1) is 21.1. The minimum Gasteiger partial charge on any atom is -0.503 e. The Balaban J connectivity index is 1.77. The Morgan fingerprint density at radius 1 is 1.09 bits per heavy atom. The van der Waals surface area contributed by atoms with Crippen LogP contribution >= 0.6 is 31.9 Å². The van der Waals surface area contributed by atoms with Gasteiger partial charge in [-0.15, -0.1) is 0 Å². The van der Waals surface area contributed by atoms with Gasteiger partial charge in [0.15, 0.2) is 11.6 Å². The number of hydrogen-bond donors (Lipinski definition) is 1. The monoisotopic (exact) mass is 558 g/mol. The summed E-state index contributed by atoms with van der Waals surface area (Å²) in [6.07, 6.45) is 1.12. The third-order valence-electron chi connectivity index (χ3n) is 5.80. The third kappa shape index (κ3) is 3.40. The zero-order chi connectivity index (χ0) is 22.6. The minimum absolute atomic E-state index is 0.231. The van der Waals surface area contributed by atoms with E-state index in [1.807, 2.05) is 35.8 Å². The smallest absolute Gasteiger partial charge is 0.242 e. The number of aromatic hydroxyl groups is 1. The largest absolute Gasteiger partial charge is 0.503 e. The van der Waals surface area contributed by atoms with Crippen LogP contribution in [0, 0.1) is 12.7 Å². The number of nitrogens with zero attached hydrogens (tertiary/aromatic N) is 4. The fourth-order valence-corrected chi connectivity index (χ4v) is 5.04. The lowest BCUT2D eigenvalue weighted by Crippen LogP contribution is -2.32. The summed E-state index contributed by atoms with van der Waals surface area (Å²) in [4.78, 5) is 16.7. The fourth-order valence-electron chi connectivity index (χ4n) is 4.26. The van der Waals surface area contributed by atoms with Crippen molar-refractivity contribution in [2.45, 2.75) is 25.4 Å². The van der Waals surface area contributed by atoms with Gasteiger partial charge in [-0.1, -0.05) is 42.0 Å². The van der Waals surface area contributed by atoms with E-state index in [2.05, 4.69) is 41.9 Å². The Morgan fingerprint density at radius 2 is 1.72 bits per heavy atom. The summed E-state index contributed by atoms with van der Waals surface area (Å²) in [6, 6.07) is 14.2. The fraction of sp³-hybridized carbons (Fsp3) is 0.174. The van der Waals surface area contributed by atoms with E-state index in [-0.39, 0.29) is 23.5 Å². The van der Waals surface area contributed by atoms with Gasteiger partial charge in [0, 0.05) is 12.5 Å². The third-order valence-corrected chi connectivity index (χ3v) is 7.69. The molecule has 0 aliphatic carbocycles. The summed E-state index contributed by atoms with van der Waals surface area (Å²) in [5, 5.41) is 15.1. The van der Waals surface area contributed by atoms with Gasteiger partial charge in [0.25, 0.3) is 0 Å². The van der Waals surface area contributed by atoms with Crippen LogP contribution in [0.1, 0.15) is 28.7 Å². The van der Waals surface area contributed by atoms with Crippen LogP contribution in [0.5, 0.6) is 5.75 Å². The molecule has 2 aromatic heterocycles. The summed E-state index contributed by atoms with van der Waals surface area (Å²) in [7, 11) is 0. The molecule has 0 bridgehead atoms. The van der Waals surface area contributed by atoms with Crippen molar-refractivity contribution >= 4 is 31.9 Å². The zero-order valence-electron chi connectivity index (χ0n) is 16.8. The number of halogens is 3. The van der Waals surface area contributed by atoms with E-state index in [4.69, 9.17) is 0 Å². The number of benzene rings is 2. The minimum atomic E-state index is -0.577. The Morgan fingerprint density at radius 3 is 2.38 bits per heavy atom. The number of aryl methyl sites for hydroxylation is 1. The first-order valence-corrected chi connectivity index (χ1v) is 11.5. The summed E-state index contributed by atoms with van der Waals surface area (Å²) in [5.74, 6) is -0.517. The molecule has 1 N–H and O–H groups in total. The average molecular weight is 560 g/mol. The van der Waals surface area contributed by atoms with Crippen LogP contribution in [0.25, 0.3) is 11.5 Å². The molecule has 4 aromatic rings. The molecule has 3 heterocycles. The highest BCUT2D eigenvalue weighted by atomic mass is 79.9. The van der Waals surface area contributed by atoms with E-state index in [1.54, 1.807) is 16.8 Å². The molecule has 2 atom stereocenters. The molecule has 0 radical (unpaired) electrons. The van der Waals surface area contributed by atoms with E-state index in [9.17, 15) is 14.3 Å². The van der Waals surface area contributed by atoms with Crippen LogP contribution in [0.2, 0.25) is 0 Å². The van der Waals surface area contributed by atoms with Crippen molar-refractivity contribution in [3.8, 4) is 17.3 Å². The highest BCUT2D eigenvalue weighted by Gasteiger charge is 2.37. The molecule has 32 heavy (non-hydrogen) atoms. The number of imidazole rings is 1. The maximum atomic E-state index is 13.7. The summed E-state index contributed by atoms with van der Waals surface area (Å²) in [6.45, 7) is 2.48. The van der Waals surface area contributed by atoms with Gasteiger partial charge in [0.05, 0.1) is 12.2 Å². The molecule has 1 aliphatic rings. The maximum Gasteiger partial charge on any atom is 0.242 e. The van der Waals surface area contributed by atoms with Crippen LogP contribution < -0.4 is 5.43 Å². The van der Waals surface area contributed by atoms with E-state index in [0.29, 0.717) is 21.6 Å². The second-order valence-electron chi connectivity index (χ2n) is 7.79. The second-order valence-corrected chi connectivity index (χ2v) is 9.29. The van der Waals surface area contributed by atoms with Crippen molar-refractivity contribution in [3.63, 3.8) is 0 Å².